The molecule has 0 atom stereocenters. The van der Waals surface area contributed by atoms with Crippen molar-refractivity contribution in [3.05, 3.63) is 35.0 Å². The van der Waals surface area contributed by atoms with Gasteiger partial charge in [-0.1, -0.05) is 19.8 Å². The number of ether oxygens (including phenoxy) is 1. The van der Waals surface area contributed by atoms with Crippen LogP contribution in [0.4, 0.5) is 0 Å². The van der Waals surface area contributed by atoms with Gasteiger partial charge in [0.2, 0.25) is 0 Å². The largest absolute Gasteiger partial charge is 0.623 e. The van der Waals surface area contributed by atoms with Gasteiger partial charge in [0.1, 0.15) is 5.75 Å². The quantitative estimate of drug-likeness (QED) is 0.256. The third-order valence-corrected chi connectivity index (χ3v) is 2.82. The molecule has 0 unspecified atom stereocenters. The van der Waals surface area contributed by atoms with Crippen molar-refractivity contribution < 1.29 is 9.48 Å². The number of hydrogen-bond donors (Lipinski definition) is 0. The number of unbranched alkanes of at least 4 members (excludes halogenated alkanes) is 2. The Morgan fingerprint density at radius 2 is 1.79 bits per heavy atom. The van der Waals surface area contributed by atoms with Gasteiger partial charge in [-0.3, -0.25) is 0 Å². The summed E-state index contributed by atoms with van der Waals surface area (Å²) in [6.07, 6.45) is 5.09. The third-order valence-electron chi connectivity index (χ3n) is 2.82. The lowest BCUT2D eigenvalue weighted by molar-refractivity contribution is -0.530. The van der Waals surface area contributed by atoms with E-state index in [1.807, 2.05) is 45.0 Å². The van der Waals surface area contributed by atoms with Crippen molar-refractivity contribution in [1.82, 2.24) is 0 Å². The Labute approximate surface area is 116 Å². The van der Waals surface area contributed by atoms with Crippen LogP contribution in [0.5, 0.6) is 5.75 Å². The predicted molar refractivity (Wildman–Crippen MR) is 80.0 cm³/mol. The third kappa shape index (κ3) is 5.77. The Kier molecular flexibility index (Phi) is 5.87. The lowest BCUT2D eigenvalue weighted by Crippen LogP contribution is -2.29. The lowest BCUT2D eigenvalue weighted by Gasteiger charge is -2.18. The Balaban J connectivity index is 2.57. The van der Waals surface area contributed by atoms with E-state index < -0.39 is 5.54 Å². The summed E-state index contributed by atoms with van der Waals surface area (Å²) in [5.41, 5.74) is 0.487. The molecular weight excluding hydrogens is 238 g/mol. The summed E-state index contributed by atoms with van der Waals surface area (Å²) in [7, 11) is 0. The van der Waals surface area contributed by atoms with Crippen LogP contribution in [0.25, 0.3) is 0 Å². The Morgan fingerprint density at radius 1 is 1.16 bits per heavy atom. The zero-order chi connectivity index (χ0) is 14.3. The van der Waals surface area contributed by atoms with E-state index in [1.165, 1.54) is 12.8 Å². The van der Waals surface area contributed by atoms with E-state index in [0.29, 0.717) is 0 Å². The van der Waals surface area contributed by atoms with Crippen molar-refractivity contribution in [2.24, 2.45) is 0 Å². The van der Waals surface area contributed by atoms with Crippen molar-refractivity contribution >= 4 is 6.21 Å². The maximum atomic E-state index is 11.8. The predicted octanol–water partition coefficient (Wildman–Crippen LogP) is 3.98. The minimum atomic E-state index is -0.407. The first kappa shape index (κ1) is 15.5. The first-order chi connectivity index (χ1) is 8.93. The van der Waals surface area contributed by atoms with Gasteiger partial charge < -0.3 is 9.94 Å². The van der Waals surface area contributed by atoms with Gasteiger partial charge in [-0.2, -0.15) is 0 Å². The molecule has 3 nitrogen and oxygen atoms in total. The molecule has 3 heteroatoms. The fourth-order valence-electron chi connectivity index (χ4n) is 1.52. The van der Waals surface area contributed by atoms with Gasteiger partial charge in [0, 0.05) is 26.3 Å². The Hall–Kier alpha value is -1.51. The van der Waals surface area contributed by atoms with Crippen LogP contribution < -0.4 is 4.74 Å². The number of nitrogens with zero attached hydrogens (tertiary/aromatic N) is 1. The van der Waals surface area contributed by atoms with Crippen molar-refractivity contribution in [1.29, 1.82) is 0 Å². The molecule has 0 spiro atoms. The first-order valence-corrected chi connectivity index (χ1v) is 6.97. The molecule has 0 aromatic heterocycles. The standard InChI is InChI=1S/C16H25NO2/c1-5-6-7-12-19-15-10-8-14(9-11-15)13-17(18)16(2,3)4/h8-11,13H,5-7,12H2,1-4H3/b17-13-. The molecule has 0 N–H and O–H groups in total. The summed E-state index contributed by atoms with van der Waals surface area (Å²) in [4.78, 5) is 0. The van der Waals surface area contributed by atoms with Crippen molar-refractivity contribution in [3.63, 3.8) is 0 Å². The van der Waals surface area contributed by atoms with Crippen LogP contribution in [-0.2, 0) is 0 Å². The monoisotopic (exact) mass is 263 g/mol. The van der Waals surface area contributed by atoms with E-state index in [2.05, 4.69) is 6.92 Å². The number of rotatable bonds is 6. The van der Waals surface area contributed by atoms with Gasteiger partial charge >= 0.3 is 0 Å². The van der Waals surface area contributed by atoms with E-state index in [4.69, 9.17) is 4.74 Å². The van der Waals surface area contributed by atoms with E-state index in [1.54, 1.807) is 6.21 Å². The summed E-state index contributed by atoms with van der Waals surface area (Å²) >= 11 is 0. The fraction of sp³-hybridized carbons (Fsp3) is 0.562. The van der Waals surface area contributed by atoms with Crippen molar-refractivity contribution in [3.8, 4) is 5.75 Å². The van der Waals surface area contributed by atoms with Crippen LogP contribution in [-0.4, -0.2) is 23.1 Å². The molecule has 0 fully saturated rings. The molecule has 1 aromatic carbocycles. The fourth-order valence-corrected chi connectivity index (χ4v) is 1.52. The van der Waals surface area contributed by atoms with Crippen LogP contribution in [0.15, 0.2) is 24.3 Å². The zero-order valence-corrected chi connectivity index (χ0v) is 12.5. The molecule has 0 aliphatic heterocycles. The molecule has 0 aliphatic carbocycles. The molecule has 0 aliphatic rings. The highest BCUT2D eigenvalue weighted by Gasteiger charge is 2.17. The summed E-state index contributed by atoms with van der Waals surface area (Å²) < 4.78 is 6.61. The van der Waals surface area contributed by atoms with Crippen molar-refractivity contribution in [2.75, 3.05) is 6.61 Å². The van der Waals surface area contributed by atoms with Crippen LogP contribution in [0.2, 0.25) is 0 Å². The normalized spacial score (nSPS) is 12.5. The summed E-state index contributed by atoms with van der Waals surface area (Å²) in [6, 6.07) is 7.64. The van der Waals surface area contributed by atoms with E-state index >= 15 is 0 Å². The molecule has 1 aromatic rings. The van der Waals surface area contributed by atoms with Crippen LogP contribution in [0.3, 0.4) is 0 Å². The molecule has 19 heavy (non-hydrogen) atoms. The maximum Gasteiger partial charge on any atom is 0.182 e. The molecule has 0 saturated heterocycles. The topological polar surface area (TPSA) is 35.3 Å². The average Bonchev–Trinajstić information content (AvgIpc) is 2.35. The van der Waals surface area contributed by atoms with Gasteiger partial charge in [-0.25, -0.2) is 4.74 Å². The highest BCUT2D eigenvalue weighted by atomic mass is 16.5. The van der Waals surface area contributed by atoms with Gasteiger partial charge in [-0.15, -0.1) is 0 Å². The number of hydrogen-bond acceptors (Lipinski definition) is 2. The van der Waals surface area contributed by atoms with Crippen LogP contribution in [0.1, 0.15) is 52.5 Å². The molecule has 0 heterocycles. The zero-order valence-electron chi connectivity index (χ0n) is 12.5. The van der Waals surface area contributed by atoms with Gasteiger partial charge in [-0.05, 0) is 30.7 Å². The first-order valence-electron chi connectivity index (χ1n) is 6.97. The highest BCUT2D eigenvalue weighted by Crippen LogP contribution is 2.13. The summed E-state index contributed by atoms with van der Waals surface area (Å²) in [5, 5.41) is 11.8. The molecular formula is C16H25NO2. The average molecular weight is 263 g/mol. The van der Waals surface area contributed by atoms with Gasteiger partial charge in [0.25, 0.3) is 0 Å². The second kappa shape index (κ2) is 7.17. The SMILES string of the molecule is CCCCCOc1ccc(/C=[N+](\[O-])C(C)(C)C)cc1. The lowest BCUT2D eigenvalue weighted by atomic mass is 10.1. The van der Waals surface area contributed by atoms with Crippen molar-refractivity contribution in [2.45, 2.75) is 52.5 Å². The minimum Gasteiger partial charge on any atom is -0.623 e. The van der Waals surface area contributed by atoms with Gasteiger partial charge in [0.15, 0.2) is 11.8 Å². The minimum absolute atomic E-state index is 0.407. The maximum absolute atomic E-state index is 11.8. The Morgan fingerprint density at radius 3 is 2.32 bits per heavy atom. The molecule has 1 rings (SSSR count). The number of benzene rings is 1. The Bertz CT molecular complexity index is 402. The summed E-state index contributed by atoms with van der Waals surface area (Å²) in [5.74, 6) is 0.862. The molecule has 0 radical (unpaired) electrons. The van der Waals surface area contributed by atoms with Crippen LogP contribution >= 0.6 is 0 Å². The molecule has 0 amide bonds. The van der Waals surface area contributed by atoms with Gasteiger partial charge in [0.05, 0.1) is 6.61 Å². The highest BCUT2D eigenvalue weighted by molar-refractivity contribution is 5.76. The van der Waals surface area contributed by atoms with E-state index in [0.717, 1.165) is 29.1 Å². The van der Waals surface area contributed by atoms with Crippen LogP contribution in [0, 0.1) is 5.21 Å². The number of hydroxylamine groups is 1. The van der Waals surface area contributed by atoms with E-state index in [9.17, 15) is 5.21 Å². The second-order valence-corrected chi connectivity index (χ2v) is 5.75. The van der Waals surface area contributed by atoms with E-state index in [-0.39, 0.29) is 0 Å². The smallest absolute Gasteiger partial charge is 0.182 e. The second-order valence-electron chi connectivity index (χ2n) is 5.75. The molecule has 106 valence electrons. The summed E-state index contributed by atoms with van der Waals surface area (Å²) in [6.45, 7) is 8.60. The molecule has 0 bridgehead atoms. The molecule has 0 saturated carbocycles.